The van der Waals surface area contributed by atoms with Gasteiger partial charge >= 0.3 is 0 Å². The van der Waals surface area contributed by atoms with E-state index in [1.165, 1.54) is 5.75 Å². The Hall–Kier alpha value is 0.270. The molecular formula is C11H26N2S. The van der Waals surface area contributed by atoms with Crippen LogP contribution in [0.15, 0.2) is 0 Å². The van der Waals surface area contributed by atoms with E-state index < -0.39 is 0 Å². The van der Waals surface area contributed by atoms with Gasteiger partial charge in [-0.05, 0) is 40.6 Å². The van der Waals surface area contributed by atoms with Gasteiger partial charge in [0, 0.05) is 23.9 Å². The Labute approximate surface area is 93.8 Å². The van der Waals surface area contributed by atoms with E-state index in [9.17, 15) is 0 Å². The number of thioether (sulfide) groups is 1. The van der Waals surface area contributed by atoms with E-state index in [0.717, 1.165) is 13.1 Å². The SMILES string of the molecule is CCNC(C)(C)CN(C)C(C)CSC. The Morgan fingerprint density at radius 3 is 2.43 bits per heavy atom. The number of rotatable bonds is 7. The van der Waals surface area contributed by atoms with Gasteiger partial charge in [0.05, 0.1) is 0 Å². The molecule has 14 heavy (non-hydrogen) atoms. The molecule has 1 unspecified atom stereocenters. The van der Waals surface area contributed by atoms with Crippen molar-refractivity contribution in [3.05, 3.63) is 0 Å². The third-order valence-electron chi connectivity index (χ3n) is 2.46. The molecule has 2 nitrogen and oxygen atoms in total. The third kappa shape index (κ3) is 5.89. The first-order valence-electron chi connectivity index (χ1n) is 5.37. The van der Waals surface area contributed by atoms with Gasteiger partial charge in [0.25, 0.3) is 0 Å². The Bertz CT molecular complexity index is 148. The van der Waals surface area contributed by atoms with Crippen molar-refractivity contribution in [2.75, 3.05) is 32.1 Å². The van der Waals surface area contributed by atoms with Crippen molar-refractivity contribution in [1.29, 1.82) is 0 Å². The van der Waals surface area contributed by atoms with Crippen molar-refractivity contribution in [2.24, 2.45) is 0 Å². The maximum Gasteiger partial charge on any atom is 0.0252 e. The molecule has 0 aromatic carbocycles. The Morgan fingerprint density at radius 2 is 2.00 bits per heavy atom. The molecule has 86 valence electrons. The van der Waals surface area contributed by atoms with Crippen molar-refractivity contribution in [2.45, 2.75) is 39.3 Å². The number of likely N-dealkylation sites (N-methyl/N-ethyl adjacent to an activating group) is 2. The highest BCUT2D eigenvalue weighted by Crippen LogP contribution is 2.09. The molecule has 0 aliphatic heterocycles. The van der Waals surface area contributed by atoms with Crippen LogP contribution in [0.4, 0.5) is 0 Å². The topological polar surface area (TPSA) is 15.3 Å². The molecule has 0 rings (SSSR count). The third-order valence-corrected chi connectivity index (χ3v) is 3.28. The van der Waals surface area contributed by atoms with Crippen LogP contribution >= 0.6 is 11.8 Å². The summed E-state index contributed by atoms with van der Waals surface area (Å²) in [6.45, 7) is 11.1. The predicted molar refractivity (Wildman–Crippen MR) is 68.2 cm³/mol. The molecule has 0 aromatic heterocycles. The van der Waals surface area contributed by atoms with Crippen LogP contribution in [0.3, 0.4) is 0 Å². The normalized spacial score (nSPS) is 14.8. The van der Waals surface area contributed by atoms with Crippen LogP contribution in [-0.2, 0) is 0 Å². The quantitative estimate of drug-likeness (QED) is 0.704. The minimum Gasteiger partial charge on any atom is -0.311 e. The van der Waals surface area contributed by atoms with Gasteiger partial charge in [-0.2, -0.15) is 11.8 Å². The van der Waals surface area contributed by atoms with Gasteiger partial charge in [-0.3, -0.25) is 0 Å². The molecule has 0 bridgehead atoms. The van der Waals surface area contributed by atoms with E-state index in [2.05, 4.69) is 51.2 Å². The second-order valence-corrected chi connectivity index (χ2v) is 5.54. The molecule has 0 fully saturated rings. The Kier molecular flexibility index (Phi) is 6.83. The molecule has 0 aliphatic carbocycles. The van der Waals surface area contributed by atoms with E-state index in [4.69, 9.17) is 0 Å². The average Bonchev–Trinajstić information content (AvgIpc) is 2.03. The van der Waals surface area contributed by atoms with Crippen molar-refractivity contribution in [3.63, 3.8) is 0 Å². The molecule has 0 radical (unpaired) electrons. The zero-order valence-electron chi connectivity index (χ0n) is 10.6. The first-order valence-corrected chi connectivity index (χ1v) is 6.76. The standard InChI is InChI=1S/C11H26N2S/c1-7-12-11(3,4)9-13(5)10(2)8-14-6/h10,12H,7-9H2,1-6H3. The van der Waals surface area contributed by atoms with Crippen LogP contribution in [0.1, 0.15) is 27.7 Å². The second-order valence-electron chi connectivity index (χ2n) is 4.63. The van der Waals surface area contributed by atoms with Gasteiger partial charge in [0.1, 0.15) is 0 Å². The fraction of sp³-hybridized carbons (Fsp3) is 1.00. The minimum atomic E-state index is 0.218. The molecule has 0 aromatic rings. The van der Waals surface area contributed by atoms with Crippen molar-refractivity contribution in [3.8, 4) is 0 Å². The minimum absolute atomic E-state index is 0.218. The summed E-state index contributed by atoms with van der Waals surface area (Å²) in [5, 5.41) is 3.50. The van der Waals surface area contributed by atoms with Crippen molar-refractivity contribution in [1.82, 2.24) is 10.2 Å². The van der Waals surface area contributed by atoms with Gasteiger partial charge < -0.3 is 10.2 Å². The molecule has 0 amide bonds. The van der Waals surface area contributed by atoms with Crippen LogP contribution < -0.4 is 5.32 Å². The van der Waals surface area contributed by atoms with E-state index in [1.807, 2.05) is 11.8 Å². The highest BCUT2D eigenvalue weighted by atomic mass is 32.2. The largest absolute Gasteiger partial charge is 0.311 e. The van der Waals surface area contributed by atoms with Crippen LogP contribution in [0.5, 0.6) is 0 Å². The summed E-state index contributed by atoms with van der Waals surface area (Å²) in [7, 11) is 2.21. The molecule has 0 saturated heterocycles. The zero-order chi connectivity index (χ0) is 11.2. The molecule has 0 saturated carbocycles. The van der Waals surface area contributed by atoms with Gasteiger partial charge in [-0.1, -0.05) is 6.92 Å². The van der Waals surface area contributed by atoms with Gasteiger partial charge in [-0.15, -0.1) is 0 Å². The summed E-state index contributed by atoms with van der Waals surface area (Å²) < 4.78 is 0. The summed E-state index contributed by atoms with van der Waals surface area (Å²) in [5.41, 5.74) is 0.218. The maximum absolute atomic E-state index is 3.50. The van der Waals surface area contributed by atoms with Crippen molar-refractivity contribution >= 4 is 11.8 Å². The lowest BCUT2D eigenvalue weighted by molar-refractivity contribution is 0.204. The number of nitrogens with zero attached hydrogens (tertiary/aromatic N) is 1. The highest BCUT2D eigenvalue weighted by molar-refractivity contribution is 7.98. The monoisotopic (exact) mass is 218 g/mol. The fourth-order valence-electron chi connectivity index (χ4n) is 1.68. The lowest BCUT2D eigenvalue weighted by Gasteiger charge is -2.34. The van der Waals surface area contributed by atoms with E-state index in [-0.39, 0.29) is 5.54 Å². The van der Waals surface area contributed by atoms with Gasteiger partial charge in [0.15, 0.2) is 0 Å². The van der Waals surface area contributed by atoms with Crippen LogP contribution in [0.2, 0.25) is 0 Å². The maximum atomic E-state index is 3.50. The summed E-state index contributed by atoms with van der Waals surface area (Å²) in [5.74, 6) is 1.21. The first kappa shape index (κ1) is 14.3. The Balaban J connectivity index is 3.96. The molecule has 1 atom stereocenters. The van der Waals surface area contributed by atoms with Crippen molar-refractivity contribution < 1.29 is 0 Å². The van der Waals surface area contributed by atoms with Gasteiger partial charge in [-0.25, -0.2) is 0 Å². The summed E-state index contributed by atoms with van der Waals surface area (Å²) in [6.07, 6.45) is 2.17. The molecule has 3 heteroatoms. The van der Waals surface area contributed by atoms with E-state index in [0.29, 0.717) is 6.04 Å². The van der Waals surface area contributed by atoms with Crippen LogP contribution in [0.25, 0.3) is 0 Å². The van der Waals surface area contributed by atoms with Gasteiger partial charge in [0.2, 0.25) is 0 Å². The molecule has 1 N–H and O–H groups in total. The smallest absolute Gasteiger partial charge is 0.0252 e. The molecular weight excluding hydrogens is 192 g/mol. The average molecular weight is 218 g/mol. The second kappa shape index (κ2) is 6.70. The lowest BCUT2D eigenvalue weighted by atomic mass is 10.0. The predicted octanol–water partition coefficient (Wildman–Crippen LogP) is 2.06. The van der Waals surface area contributed by atoms with Crippen LogP contribution in [-0.4, -0.2) is 48.6 Å². The van der Waals surface area contributed by atoms with Crippen LogP contribution in [0, 0.1) is 0 Å². The summed E-state index contributed by atoms with van der Waals surface area (Å²) in [6, 6.07) is 0.655. The molecule has 0 heterocycles. The number of hydrogen-bond donors (Lipinski definition) is 1. The highest BCUT2D eigenvalue weighted by Gasteiger charge is 2.20. The molecule has 0 spiro atoms. The number of hydrogen-bond acceptors (Lipinski definition) is 3. The first-order chi connectivity index (χ1) is 6.43. The lowest BCUT2D eigenvalue weighted by Crippen LogP contribution is -2.50. The summed E-state index contributed by atoms with van der Waals surface area (Å²) >= 11 is 1.92. The molecule has 0 aliphatic rings. The summed E-state index contributed by atoms with van der Waals surface area (Å²) in [4.78, 5) is 2.43. The van der Waals surface area contributed by atoms with E-state index in [1.54, 1.807) is 0 Å². The Morgan fingerprint density at radius 1 is 1.43 bits per heavy atom. The number of nitrogens with one attached hydrogen (secondary N) is 1. The fourth-order valence-corrected chi connectivity index (χ4v) is 2.42. The van der Waals surface area contributed by atoms with E-state index >= 15 is 0 Å². The zero-order valence-corrected chi connectivity index (χ0v) is 11.4.